The summed E-state index contributed by atoms with van der Waals surface area (Å²) < 4.78 is 28.2. The number of anilines is 1. The van der Waals surface area contributed by atoms with Gasteiger partial charge in [-0.2, -0.15) is 5.10 Å². The van der Waals surface area contributed by atoms with Gasteiger partial charge in [-0.3, -0.25) is 9.59 Å². The maximum absolute atomic E-state index is 13.4. The van der Waals surface area contributed by atoms with Gasteiger partial charge in [-0.1, -0.05) is 35.9 Å². The first-order chi connectivity index (χ1) is 16.4. The monoisotopic (exact) mass is 477 g/mol. The van der Waals surface area contributed by atoms with Gasteiger partial charge in [-0.05, 0) is 60.5 Å². The van der Waals surface area contributed by atoms with Gasteiger partial charge in [0, 0.05) is 28.8 Å². The molecular formula is C26H18ClF2N3O2. The van der Waals surface area contributed by atoms with E-state index in [0.717, 1.165) is 5.56 Å². The van der Waals surface area contributed by atoms with E-state index in [-0.39, 0.29) is 17.4 Å². The first kappa shape index (κ1) is 22.0. The number of Topliss-reactive ketones (excluding diaryl/α,β-unsaturated/α-hetero) is 1. The summed E-state index contributed by atoms with van der Waals surface area (Å²) in [6, 6.07) is 20.0. The van der Waals surface area contributed by atoms with Crippen molar-refractivity contribution in [3.63, 3.8) is 0 Å². The fourth-order valence-corrected chi connectivity index (χ4v) is 4.26. The molecule has 1 heterocycles. The van der Waals surface area contributed by atoms with Crippen molar-refractivity contribution in [3.05, 3.63) is 100 Å². The van der Waals surface area contributed by atoms with Crippen LogP contribution in [0.4, 0.5) is 14.5 Å². The summed E-state index contributed by atoms with van der Waals surface area (Å²) in [5, 5.41) is 7.26. The second kappa shape index (κ2) is 8.83. The van der Waals surface area contributed by atoms with Crippen molar-refractivity contribution >= 4 is 29.0 Å². The molecule has 0 radical (unpaired) electrons. The third-order valence-electron chi connectivity index (χ3n) is 5.76. The number of ketones is 1. The van der Waals surface area contributed by atoms with Crippen molar-refractivity contribution in [1.29, 1.82) is 0 Å². The molecule has 170 valence electrons. The SMILES string of the molecule is O=C(Nc1ccc2c(c1)CCC2=O)c1ccc(-c2cc(C(F)F)nn2-c2ccccc2Cl)cc1. The molecule has 1 aromatic heterocycles. The van der Waals surface area contributed by atoms with Gasteiger partial charge in [0.25, 0.3) is 12.3 Å². The molecule has 34 heavy (non-hydrogen) atoms. The van der Waals surface area contributed by atoms with E-state index in [0.29, 0.717) is 51.6 Å². The van der Waals surface area contributed by atoms with Crippen molar-refractivity contribution in [2.45, 2.75) is 19.3 Å². The number of hydrogen-bond acceptors (Lipinski definition) is 3. The fourth-order valence-electron chi connectivity index (χ4n) is 4.05. The number of carbonyl (C=O) groups excluding carboxylic acids is 2. The Bertz CT molecular complexity index is 1410. The van der Waals surface area contributed by atoms with Crippen molar-refractivity contribution < 1.29 is 18.4 Å². The van der Waals surface area contributed by atoms with Crippen LogP contribution in [0, 0.1) is 0 Å². The number of carbonyl (C=O) groups is 2. The van der Waals surface area contributed by atoms with Crippen LogP contribution in [-0.4, -0.2) is 21.5 Å². The molecule has 1 aliphatic rings. The molecule has 4 aromatic rings. The first-order valence-electron chi connectivity index (χ1n) is 10.6. The maximum atomic E-state index is 13.4. The van der Waals surface area contributed by atoms with Gasteiger partial charge in [0.2, 0.25) is 0 Å². The van der Waals surface area contributed by atoms with Crippen molar-refractivity contribution in [2.24, 2.45) is 0 Å². The molecule has 0 bridgehead atoms. The molecule has 1 N–H and O–H groups in total. The van der Waals surface area contributed by atoms with Gasteiger partial charge in [-0.25, -0.2) is 13.5 Å². The summed E-state index contributed by atoms with van der Waals surface area (Å²) in [5.41, 5.74) is 3.79. The average Bonchev–Trinajstić information content (AvgIpc) is 3.44. The number of nitrogens with zero attached hydrogens (tertiary/aromatic N) is 2. The zero-order chi connectivity index (χ0) is 23.8. The standard InChI is InChI=1S/C26H18ClF2N3O2/c27-20-3-1-2-4-22(20)32-23(14-21(31-32)25(28)29)15-5-7-16(8-6-15)26(34)30-18-10-11-19-17(13-18)9-12-24(19)33/h1-8,10-11,13-14,25H,9,12H2,(H,30,34). The highest BCUT2D eigenvalue weighted by Crippen LogP contribution is 2.31. The highest BCUT2D eigenvalue weighted by molar-refractivity contribution is 6.32. The number of rotatable bonds is 5. The lowest BCUT2D eigenvalue weighted by molar-refractivity contribution is 0.0992. The van der Waals surface area contributed by atoms with E-state index in [1.54, 1.807) is 60.7 Å². The number of alkyl halides is 2. The van der Waals surface area contributed by atoms with Crippen LogP contribution in [0.25, 0.3) is 16.9 Å². The molecule has 5 rings (SSSR count). The van der Waals surface area contributed by atoms with Gasteiger partial charge in [-0.15, -0.1) is 0 Å². The third-order valence-corrected chi connectivity index (χ3v) is 6.08. The molecule has 0 saturated carbocycles. The third kappa shape index (κ3) is 4.10. The molecule has 0 fully saturated rings. The molecular weight excluding hydrogens is 460 g/mol. The Morgan fingerprint density at radius 3 is 2.50 bits per heavy atom. The van der Waals surface area contributed by atoms with Crippen LogP contribution in [-0.2, 0) is 6.42 Å². The van der Waals surface area contributed by atoms with Gasteiger partial charge in [0.05, 0.1) is 16.4 Å². The summed E-state index contributed by atoms with van der Waals surface area (Å²) >= 11 is 6.27. The number of fused-ring (bicyclic) bond motifs is 1. The lowest BCUT2D eigenvalue weighted by Gasteiger charge is -2.10. The highest BCUT2D eigenvalue weighted by Gasteiger charge is 2.21. The maximum Gasteiger partial charge on any atom is 0.282 e. The first-order valence-corrected chi connectivity index (χ1v) is 11.0. The average molecular weight is 478 g/mol. The number of halogens is 3. The Morgan fingerprint density at radius 2 is 1.76 bits per heavy atom. The van der Waals surface area contributed by atoms with E-state index in [1.165, 1.54) is 10.7 Å². The minimum Gasteiger partial charge on any atom is -0.322 e. The van der Waals surface area contributed by atoms with Crippen LogP contribution in [0.15, 0.2) is 72.8 Å². The van der Waals surface area contributed by atoms with Crippen molar-refractivity contribution in [1.82, 2.24) is 9.78 Å². The van der Waals surface area contributed by atoms with E-state index >= 15 is 0 Å². The number of nitrogens with one attached hydrogen (secondary N) is 1. The van der Waals surface area contributed by atoms with E-state index in [4.69, 9.17) is 11.6 Å². The van der Waals surface area contributed by atoms with Crippen LogP contribution < -0.4 is 5.32 Å². The quantitative estimate of drug-likeness (QED) is 0.356. The molecule has 0 saturated heterocycles. The molecule has 5 nitrogen and oxygen atoms in total. The number of amides is 1. The van der Waals surface area contributed by atoms with Crippen molar-refractivity contribution in [3.8, 4) is 16.9 Å². The Labute approximate surface area is 199 Å². The number of para-hydroxylation sites is 1. The molecule has 1 aliphatic carbocycles. The molecule has 0 spiro atoms. The Hall–Kier alpha value is -3.84. The highest BCUT2D eigenvalue weighted by atomic mass is 35.5. The molecule has 0 atom stereocenters. The minimum absolute atomic E-state index is 0.120. The van der Waals surface area contributed by atoms with Crippen molar-refractivity contribution in [2.75, 3.05) is 5.32 Å². The lowest BCUT2D eigenvalue weighted by atomic mass is 10.1. The summed E-state index contributed by atoms with van der Waals surface area (Å²) in [7, 11) is 0. The van der Waals surface area contributed by atoms with Gasteiger partial charge < -0.3 is 5.32 Å². The summed E-state index contributed by atoms with van der Waals surface area (Å²) in [5.74, 6) is -0.196. The van der Waals surface area contributed by atoms with Gasteiger partial charge in [0.15, 0.2) is 5.78 Å². The summed E-state index contributed by atoms with van der Waals surface area (Å²) in [6.45, 7) is 0. The molecule has 1 amide bonds. The topological polar surface area (TPSA) is 64.0 Å². The predicted octanol–water partition coefficient (Wildman–Crippen LogP) is 6.51. The number of aryl methyl sites for hydroxylation is 1. The van der Waals surface area contributed by atoms with Crippen LogP contribution in [0.1, 0.15) is 44.8 Å². The molecule has 8 heteroatoms. The Balaban J connectivity index is 1.42. The zero-order valence-corrected chi connectivity index (χ0v) is 18.5. The van der Waals surface area contributed by atoms with Crippen LogP contribution in [0.3, 0.4) is 0 Å². The molecule has 3 aromatic carbocycles. The predicted molar refractivity (Wildman–Crippen MR) is 126 cm³/mol. The number of benzene rings is 3. The summed E-state index contributed by atoms with van der Waals surface area (Å²) in [6.07, 6.45) is -1.58. The molecule has 0 unspecified atom stereocenters. The van der Waals surface area contributed by atoms with E-state index in [9.17, 15) is 18.4 Å². The normalized spacial score (nSPS) is 12.8. The van der Waals surface area contributed by atoms with E-state index < -0.39 is 6.43 Å². The zero-order valence-electron chi connectivity index (χ0n) is 17.8. The van der Waals surface area contributed by atoms with Crippen LogP contribution in [0.5, 0.6) is 0 Å². The Morgan fingerprint density at radius 1 is 1.00 bits per heavy atom. The summed E-state index contributed by atoms with van der Waals surface area (Å²) in [4.78, 5) is 24.5. The lowest BCUT2D eigenvalue weighted by Crippen LogP contribution is -2.12. The largest absolute Gasteiger partial charge is 0.322 e. The Kier molecular flexibility index (Phi) is 5.71. The van der Waals surface area contributed by atoms with Crippen LogP contribution >= 0.6 is 11.6 Å². The number of hydrogen-bond donors (Lipinski definition) is 1. The van der Waals surface area contributed by atoms with E-state index in [2.05, 4.69) is 10.4 Å². The smallest absolute Gasteiger partial charge is 0.282 e. The molecule has 0 aliphatic heterocycles. The van der Waals surface area contributed by atoms with E-state index in [1.807, 2.05) is 6.07 Å². The number of aromatic nitrogens is 2. The van der Waals surface area contributed by atoms with Gasteiger partial charge >= 0.3 is 0 Å². The van der Waals surface area contributed by atoms with Crippen LogP contribution in [0.2, 0.25) is 5.02 Å². The second-order valence-electron chi connectivity index (χ2n) is 7.94. The van der Waals surface area contributed by atoms with Gasteiger partial charge in [0.1, 0.15) is 5.69 Å². The second-order valence-corrected chi connectivity index (χ2v) is 8.35. The fraction of sp³-hybridized carbons (Fsp3) is 0.115. The minimum atomic E-state index is -2.74.